The summed E-state index contributed by atoms with van der Waals surface area (Å²) in [7, 11) is 1.53. The van der Waals surface area contributed by atoms with Crippen molar-refractivity contribution in [3.63, 3.8) is 0 Å². The Bertz CT molecular complexity index is 2180. The summed E-state index contributed by atoms with van der Waals surface area (Å²) in [6, 6.07) is 15.6. The Morgan fingerprint density at radius 2 is 1.69 bits per heavy atom. The third-order valence-corrected chi connectivity index (χ3v) is 14.7. The van der Waals surface area contributed by atoms with E-state index in [9.17, 15) is 14.0 Å². The fourth-order valence-corrected chi connectivity index (χ4v) is 10.9. The zero-order valence-corrected chi connectivity index (χ0v) is 31.4. The fourth-order valence-electron chi connectivity index (χ4n) is 10.9. The standard InChI is InChI=1S/C45H49FN2O4/c1-27-32-16-18-43(4)34(17-19-44(5)36-25-42(3,40(50)51-7)21-20-41(36,2)22-23-45(43,44)6)33(32)24-35-37(27)52-39(48-35)30-12-10-29(11-13-30)38(49)47-26-28-8-14-31(46)15-9-28/h8-18,24,36H,19-23,25-26H2,1-7H3,(H,47,49)/t36-,41+,42+,43+,44-,45+/m0/s1. The van der Waals surface area contributed by atoms with E-state index in [2.05, 4.69) is 71.2 Å². The van der Waals surface area contributed by atoms with E-state index in [4.69, 9.17) is 14.1 Å². The number of fused-ring (bicyclic) bond motifs is 8. The highest BCUT2D eigenvalue weighted by Gasteiger charge is 2.68. The molecule has 4 aromatic rings. The van der Waals surface area contributed by atoms with Crippen LogP contribution in [0.4, 0.5) is 4.39 Å². The topological polar surface area (TPSA) is 81.4 Å². The molecule has 1 amide bonds. The molecule has 0 saturated heterocycles. The van der Waals surface area contributed by atoms with Crippen molar-refractivity contribution in [1.82, 2.24) is 10.3 Å². The highest BCUT2D eigenvalue weighted by Crippen LogP contribution is 2.76. The second-order valence-corrected chi connectivity index (χ2v) is 17.3. The monoisotopic (exact) mass is 700 g/mol. The number of rotatable bonds is 5. The van der Waals surface area contributed by atoms with Gasteiger partial charge < -0.3 is 14.5 Å². The minimum Gasteiger partial charge on any atom is -0.469 e. The van der Waals surface area contributed by atoms with Gasteiger partial charge in [-0.1, -0.05) is 58.1 Å². The summed E-state index contributed by atoms with van der Waals surface area (Å²) in [4.78, 5) is 30.9. The van der Waals surface area contributed by atoms with Crippen molar-refractivity contribution in [1.29, 1.82) is 0 Å². The van der Waals surface area contributed by atoms with Crippen LogP contribution >= 0.6 is 0 Å². The first-order valence-electron chi connectivity index (χ1n) is 18.7. The van der Waals surface area contributed by atoms with Crippen molar-refractivity contribution in [3.05, 3.63) is 100 Å². The Kier molecular flexibility index (Phi) is 7.80. The minimum absolute atomic E-state index is 0.0000238. The van der Waals surface area contributed by atoms with Gasteiger partial charge in [-0.2, -0.15) is 0 Å². The second kappa shape index (κ2) is 11.7. The molecule has 4 aliphatic rings. The van der Waals surface area contributed by atoms with Crippen LogP contribution in [0.15, 0.2) is 71.2 Å². The van der Waals surface area contributed by atoms with E-state index in [1.54, 1.807) is 24.3 Å². The number of nitrogens with one attached hydrogen (secondary N) is 1. The number of aromatic nitrogens is 1. The summed E-state index contributed by atoms with van der Waals surface area (Å²) in [6.07, 6.45) is 13.3. The molecule has 1 heterocycles. The number of aryl methyl sites for hydroxylation is 1. The molecule has 0 radical (unpaired) electrons. The maximum atomic E-state index is 13.2. The maximum Gasteiger partial charge on any atom is 0.311 e. The number of hydrogen-bond acceptors (Lipinski definition) is 5. The van der Waals surface area contributed by atoms with Gasteiger partial charge in [0.05, 0.1) is 12.5 Å². The van der Waals surface area contributed by atoms with Gasteiger partial charge >= 0.3 is 5.97 Å². The van der Waals surface area contributed by atoms with Gasteiger partial charge in [-0.3, -0.25) is 9.59 Å². The van der Waals surface area contributed by atoms with E-state index < -0.39 is 5.41 Å². The van der Waals surface area contributed by atoms with Crippen molar-refractivity contribution in [2.24, 2.45) is 33.0 Å². The summed E-state index contributed by atoms with van der Waals surface area (Å²) < 4.78 is 25.0. The first-order chi connectivity index (χ1) is 24.6. The first kappa shape index (κ1) is 34.6. The maximum absolute atomic E-state index is 13.2. The molecule has 8 rings (SSSR count). The number of amides is 1. The van der Waals surface area contributed by atoms with E-state index >= 15 is 0 Å². The molecule has 1 aromatic heterocycles. The molecule has 0 unspecified atom stereocenters. The molecule has 0 bridgehead atoms. The number of hydrogen-bond donors (Lipinski definition) is 1. The molecule has 0 aliphatic heterocycles. The van der Waals surface area contributed by atoms with Crippen LogP contribution in [0.5, 0.6) is 0 Å². The predicted octanol–water partition coefficient (Wildman–Crippen LogP) is 10.5. The fraction of sp³-hybridized carbons (Fsp3) is 0.444. The van der Waals surface area contributed by atoms with E-state index in [0.29, 0.717) is 23.9 Å². The lowest BCUT2D eigenvalue weighted by Gasteiger charge is -2.70. The number of benzene rings is 3. The average Bonchev–Trinajstić information content (AvgIpc) is 3.57. The number of carbonyl (C=O) groups is 2. The van der Waals surface area contributed by atoms with Gasteiger partial charge in [-0.25, -0.2) is 9.37 Å². The minimum atomic E-state index is -0.453. The van der Waals surface area contributed by atoms with Crippen LogP contribution in [-0.4, -0.2) is 24.0 Å². The Morgan fingerprint density at radius 1 is 0.981 bits per heavy atom. The van der Waals surface area contributed by atoms with Gasteiger partial charge in [0.1, 0.15) is 11.3 Å². The largest absolute Gasteiger partial charge is 0.469 e. The zero-order valence-electron chi connectivity index (χ0n) is 31.4. The summed E-state index contributed by atoms with van der Waals surface area (Å²) in [6.45, 7) is 14.5. The smallest absolute Gasteiger partial charge is 0.311 e. The van der Waals surface area contributed by atoms with E-state index in [1.165, 1.54) is 35.9 Å². The third kappa shape index (κ3) is 4.90. The normalized spacial score (nSPS) is 31.8. The lowest BCUT2D eigenvalue weighted by molar-refractivity contribution is -0.190. The average molecular weight is 701 g/mol. The zero-order chi connectivity index (χ0) is 36.8. The molecule has 2 saturated carbocycles. The first-order valence-corrected chi connectivity index (χ1v) is 18.7. The Hall–Kier alpha value is -4.52. The molecule has 2 fully saturated rings. The van der Waals surface area contributed by atoms with Crippen LogP contribution in [-0.2, 0) is 16.1 Å². The highest BCUT2D eigenvalue weighted by molar-refractivity contribution is 5.95. The van der Waals surface area contributed by atoms with E-state index in [-0.39, 0.29) is 39.4 Å². The molecule has 270 valence electrons. The molecular formula is C45H49FN2O4. The molecule has 6 atom stereocenters. The van der Waals surface area contributed by atoms with Crippen LogP contribution in [0.3, 0.4) is 0 Å². The molecule has 7 heteroatoms. The highest BCUT2D eigenvalue weighted by atomic mass is 19.1. The molecular weight excluding hydrogens is 652 g/mol. The quantitative estimate of drug-likeness (QED) is 0.210. The predicted molar refractivity (Wildman–Crippen MR) is 203 cm³/mol. The van der Waals surface area contributed by atoms with Gasteiger partial charge in [0.2, 0.25) is 5.89 Å². The lowest BCUT2D eigenvalue weighted by Crippen LogP contribution is -2.63. The lowest BCUT2D eigenvalue weighted by atomic mass is 9.33. The molecule has 6 nitrogen and oxygen atoms in total. The van der Waals surface area contributed by atoms with Crippen LogP contribution < -0.4 is 5.32 Å². The summed E-state index contributed by atoms with van der Waals surface area (Å²) in [5.74, 6) is 0.333. The van der Waals surface area contributed by atoms with Crippen LogP contribution in [0.1, 0.15) is 106 Å². The van der Waals surface area contributed by atoms with Gasteiger partial charge in [0, 0.05) is 28.7 Å². The molecule has 0 spiro atoms. The van der Waals surface area contributed by atoms with Gasteiger partial charge in [-0.05, 0) is 139 Å². The Morgan fingerprint density at radius 3 is 2.40 bits per heavy atom. The number of nitrogens with zero attached hydrogens (tertiary/aromatic N) is 1. The summed E-state index contributed by atoms with van der Waals surface area (Å²) in [5, 5.41) is 2.90. The third-order valence-electron chi connectivity index (χ3n) is 14.7. The van der Waals surface area contributed by atoms with E-state index in [0.717, 1.165) is 66.3 Å². The van der Waals surface area contributed by atoms with Crippen LogP contribution in [0.25, 0.3) is 34.2 Å². The number of esters is 1. The summed E-state index contributed by atoms with van der Waals surface area (Å²) >= 11 is 0. The SMILES string of the molecule is COC(=O)[C@]1(C)CC[C@]2(C)CC[C@@]3(C)[C@@](C)(CC=C4c5cc6nc(-c7ccc(C(=O)NCc8ccc(F)cc8)cc7)oc6c(C)c5C=C[C@]43C)[C@H]2C1. The van der Waals surface area contributed by atoms with Crippen LogP contribution in [0.2, 0.25) is 0 Å². The molecule has 4 aliphatic carbocycles. The van der Waals surface area contributed by atoms with Gasteiger partial charge in [-0.15, -0.1) is 0 Å². The second-order valence-electron chi connectivity index (χ2n) is 17.3. The Balaban J connectivity index is 1.10. The van der Waals surface area contributed by atoms with Crippen molar-refractivity contribution in [3.8, 4) is 11.5 Å². The van der Waals surface area contributed by atoms with Crippen molar-refractivity contribution in [2.45, 2.75) is 86.6 Å². The number of ether oxygens (including phenoxy) is 1. The number of oxazole rings is 1. The van der Waals surface area contributed by atoms with Crippen molar-refractivity contribution >= 4 is 34.6 Å². The van der Waals surface area contributed by atoms with Gasteiger partial charge in [0.15, 0.2) is 5.58 Å². The summed E-state index contributed by atoms with van der Waals surface area (Å²) in [5.41, 5.74) is 8.09. The Labute approximate surface area is 305 Å². The number of allylic oxidation sites excluding steroid dienone is 3. The molecule has 3 aromatic carbocycles. The molecule has 1 N–H and O–H groups in total. The van der Waals surface area contributed by atoms with Crippen molar-refractivity contribution in [2.75, 3.05) is 7.11 Å². The number of methoxy groups -OCH3 is 1. The van der Waals surface area contributed by atoms with E-state index in [1.807, 2.05) is 12.1 Å². The molecule has 52 heavy (non-hydrogen) atoms. The van der Waals surface area contributed by atoms with Crippen LogP contribution in [0, 0.1) is 45.7 Å². The number of carbonyl (C=O) groups excluding carboxylic acids is 2. The number of halogens is 1. The van der Waals surface area contributed by atoms with Crippen molar-refractivity contribution < 1.29 is 23.1 Å². The van der Waals surface area contributed by atoms with Gasteiger partial charge in [0.25, 0.3) is 5.91 Å².